The molecule has 0 aromatic heterocycles. The lowest BCUT2D eigenvalue weighted by Crippen LogP contribution is -2.41. The second-order valence-electron chi connectivity index (χ2n) is 4.89. The molecule has 82 valence electrons. The van der Waals surface area contributed by atoms with Gasteiger partial charge in [-0.1, -0.05) is 13.3 Å². The van der Waals surface area contributed by atoms with Gasteiger partial charge in [-0.3, -0.25) is 0 Å². The van der Waals surface area contributed by atoms with Gasteiger partial charge in [0, 0.05) is 0 Å². The molecule has 0 aliphatic carbocycles. The lowest BCUT2D eigenvalue weighted by molar-refractivity contribution is -0.00919. The minimum atomic E-state index is 0.507. The predicted octanol–water partition coefficient (Wildman–Crippen LogP) is 2.19. The van der Waals surface area contributed by atoms with Crippen LogP contribution in [0, 0.1) is 11.8 Å². The average Bonchev–Trinajstić information content (AvgIpc) is 2.65. The van der Waals surface area contributed by atoms with Crippen molar-refractivity contribution in [3.63, 3.8) is 0 Å². The molecule has 2 saturated heterocycles. The summed E-state index contributed by atoms with van der Waals surface area (Å²) in [6.45, 7) is 6.91. The fourth-order valence-electron chi connectivity index (χ4n) is 3.03. The van der Waals surface area contributed by atoms with E-state index in [1.807, 2.05) is 0 Å². The zero-order valence-corrected chi connectivity index (χ0v) is 9.46. The Bertz CT molecular complexity index is 183. The third-order valence-corrected chi connectivity index (χ3v) is 3.93. The van der Waals surface area contributed by atoms with Crippen molar-refractivity contribution in [2.24, 2.45) is 11.8 Å². The quantitative estimate of drug-likeness (QED) is 0.732. The number of hydrogen-bond acceptors (Lipinski definition) is 2. The standard InChI is InChI=1S/C12H23NO/c1-3-10-8-13-7-6-11(10)12-5-4-9(2)14-12/h9-13H,3-8H2,1-2H3. The maximum Gasteiger partial charge on any atom is 0.0611 e. The molecule has 2 rings (SSSR count). The fraction of sp³-hybridized carbons (Fsp3) is 1.00. The van der Waals surface area contributed by atoms with Crippen LogP contribution in [-0.2, 0) is 4.74 Å². The maximum absolute atomic E-state index is 6.01. The van der Waals surface area contributed by atoms with Gasteiger partial charge >= 0.3 is 0 Å². The zero-order chi connectivity index (χ0) is 9.97. The summed E-state index contributed by atoms with van der Waals surface area (Å²) >= 11 is 0. The summed E-state index contributed by atoms with van der Waals surface area (Å²) < 4.78 is 6.01. The first-order chi connectivity index (χ1) is 6.81. The van der Waals surface area contributed by atoms with Crippen LogP contribution in [0.2, 0.25) is 0 Å². The minimum Gasteiger partial charge on any atom is -0.375 e. The van der Waals surface area contributed by atoms with Gasteiger partial charge in [-0.15, -0.1) is 0 Å². The molecule has 2 heterocycles. The SMILES string of the molecule is CCC1CNCCC1C1CCC(C)O1. The van der Waals surface area contributed by atoms with Crippen molar-refractivity contribution >= 4 is 0 Å². The summed E-state index contributed by atoms with van der Waals surface area (Å²) in [6, 6.07) is 0. The van der Waals surface area contributed by atoms with Crippen LogP contribution in [0.1, 0.15) is 39.5 Å². The molecule has 2 aliphatic rings. The van der Waals surface area contributed by atoms with Crippen molar-refractivity contribution in [1.29, 1.82) is 0 Å². The number of hydrogen-bond donors (Lipinski definition) is 1. The summed E-state index contributed by atoms with van der Waals surface area (Å²) in [6.07, 6.45) is 6.25. The van der Waals surface area contributed by atoms with Crippen LogP contribution in [0.5, 0.6) is 0 Å². The van der Waals surface area contributed by atoms with E-state index in [1.165, 1.54) is 38.8 Å². The first-order valence-electron chi connectivity index (χ1n) is 6.17. The van der Waals surface area contributed by atoms with Crippen molar-refractivity contribution in [3.8, 4) is 0 Å². The highest BCUT2D eigenvalue weighted by Gasteiger charge is 2.35. The molecule has 0 amide bonds. The summed E-state index contributed by atoms with van der Waals surface area (Å²) in [4.78, 5) is 0. The highest BCUT2D eigenvalue weighted by molar-refractivity contribution is 4.86. The number of ether oxygens (including phenoxy) is 1. The minimum absolute atomic E-state index is 0.507. The van der Waals surface area contributed by atoms with Gasteiger partial charge in [0.05, 0.1) is 12.2 Å². The van der Waals surface area contributed by atoms with Crippen LogP contribution in [0.4, 0.5) is 0 Å². The molecule has 4 unspecified atom stereocenters. The Morgan fingerprint density at radius 2 is 2.14 bits per heavy atom. The molecule has 0 bridgehead atoms. The fourth-order valence-corrected chi connectivity index (χ4v) is 3.03. The largest absolute Gasteiger partial charge is 0.375 e. The van der Waals surface area contributed by atoms with E-state index in [0.717, 1.165) is 11.8 Å². The molecule has 0 radical (unpaired) electrons. The Labute approximate surface area is 87.4 Å². The maximum atomic E-state index is 6.01. The van der Waals surface area contributed by atoms with Gasteiger partial charge in [-0.25, -0.2) is 0 Å². The van der Waals surface area contributed by atoms with Crippen LogP contribution in [0.25, 0.3) is 0 Å². The molecule has 0 spiro atoms. The van der Waals surface area contributed by atoms with Crippen LogP contribution in [0.3, 0.4) is 0 Å². The molecule has 14 heavy (non-hydrogen) atoms. The van der Waals surface area contributed by atoms with E-state index in [-0.39, 0.29) is 0 Å². The third-order valence-electron chi connectivity index (χ3n) is 3.93. The van der Waals surface area contributed by atoms with Crippen molar-refractivity contribution in [2.75, 3.05) is 13.1 Å². The average molecular weight is 197 g/mol. The van der Waals surface area contributed by atoms with Gasteiger partial charge in [0.15, 0.2) is 0 Å². The van der Waals surface area contributed by atoms with Gasteiger partial charge in [0.1, 0.15) is 0 Å². The highest BCUT2D eigenvalue weighted by Crippen LogP contribution is 2.34. The predicted molar refractivity (Wildman–Crippen MR) is 58.3 cm³/mol. The number of piperidine rings is 1. The molecule has 1 N–H and O–H groups in total. The van der Waals surface area contributed by atoms with Crippen molar-refractivity contribution in [3.05, 3.63) is 0 Å². The van der Waals surface area contributed by atoms with Gasteiger partial charge in [0.25, 0.3) is 0 Å². The summed E-state index contributed by atoms with van der Waals surface area (Å²) in [5.74, 6) is 1.67. The van der Waals surface area contributed by atoms with Crippen molar-refractivity contribution < 1.29 is 4.74 Å². The molecular formula is C12H23NO. The van der Waals surface area contributed by atoms with Crippen molar-refractivity contribution in [2.45, 2.75) is 51.7 Å². The Balaban J connectivity index is 1.93. The summed E-state index contributed by atoms with van der Waals surface area (Å²) in [5, 5.41) is 3.49. The van der Waals surface area contributed by atoms with E-state index in [0.29, 0.717) is 12.2 Å². The molecule has 0 saturated carbocycles. The number of rotatable bonds is 2. The van der Waals surface area contributed by atoms with Gasteiger partial charge in [-0.2, -0.15) is 0 Å². The Morgan fingerprint density at radius 1 is 1.29 bits per heavy atom. The van der Waals surface area contributed by atoms with E-state index < -0.39 is 0 Å². The zero-order valence-electron chi connectivity index (χ0n) is 9.46. The highest BCUT2D eigenvalue weighted by atomic mass is 16.5. The lowest BCUT2D eigenvalue weighted by Gasteiger charge is -2.35. The molecule has 0 aromatic carbocycles. The van der Waals surface area contributed by atoms with Gasteiger partial charge in [-0.05, 0) is 51.1 Å². The van der Waals surface area contributed by atoms with Crippen LogP contribution in [0.15, 0.2) is 0 Å². The van der Waals surface area contributed by atoms with E-state index in [9.17, 15) is 0 Å². The first-order valence-corrected chi connectivity index (χ1v) is 6.17. The van der Waals surface area contributed by atoms with Crippen LogP contribution in [-0.4, -0.2) is 25.3 Å². The molecule has 4 atom stereocenters. The van der Waals surface area contributed by atoms with Crippen LogP contribution >= 0.6 is 0 Å². The Morgan fingerprint density at radius 3 is 2.79 bits per heavy atom. The summed E-state index contributed by atoms with van der Waals surface area (Å²) in [7, 11) is 0. The second kappa shape index (κ2) is 4.63. The normalized spacial score (nSPS) is 44.1. The second-order valence-corrected chi connectivity index (χ2v) is 4.89. The lowest BCUT2D eigenvalue weighted by atomic mass is 9.80. The van der Waals surface area contributed by atoms with Gasteiger partial charge < -0.3 is 10.1 Å². The first kappa shape index (κ1) is 10.4. The molecule has 0 aromatic rings. The molecular weight excluding hydrogens is 174 g/mol. The molecule has 2 heteroatoms. The molecule has 2 aliphatic heterocycles. The van der Waals surface area contributed by atoms with Crippen LogP contribution < -0.4 is 5.32 Å². The Hall–Kier alpha value is -0.0800. The van der Waals surface area contributed by atoms with E-state index in [2.05, 4.69) is 19.2 Å². The van der Waals surface area contributed by atoms with E-state index in [4.69, 9.17) is 4.74 Å². The number of nitrogens with one attached hydrogen (secondary N) is 1. The topological polar surface area (TPSA) is 21.3 Å². The van der Waals surface area contributed by atoms with E-state index in [1.54, 1.807) is 0 Å². The smallest absolute Gasteiger partial charge is 0.0611 e. The molecule has 2 nitrogen and oxygen atoms in total. The monoisotopic (exact) mass is 197 g/mol. The van der Waals surface area contributed by atoms with E-state index >= 15 is 0 Å². The Kier molecular flexibility index (Phi) is 3.45. The van der Waals surface area contributed by atoms with Gasteiger partial charge in [0.2, 0.25) is 0 Å². The third kappa shape index (κ3) is 2.12. The molecule has 2 fully saturated rings. The van der Waals surface area contributed by atoms with Crippen molar-refractivity contribution in [1.82, 2.24) is 5.32 Å². The summed E-state index contributed by atoms with van der Waals surface area (Å²) in [5.41, 5.74) is 0.